The van der Waals surface area contributed by atoms with Crippen molar-refractivity contribution in [2.45, 2.75) is 33.2 Å². The van der Waals surface area contributed by atoms with Gasteiger partial charge in [0.2, 0.25) is 0 Å². The van der Waals surface area contributed by atoms with E-state index in [9.17, 15) is 0 Å². The Bertz CT molecular complexity index is 352. The predicted octanol–water partition coefficient (Wildman–Crippen LogP) is 3.72. The van der Waals surface area contributed by atoms with Crippen LogP contribution in [0.5, 0.6) is 0 Å². The van der Waals surface area contributed by atoms with Crippen LogP contribution >= 0.6 is 11.6 Å². The minimum atomic E-state index is 0.297. The van der Waals surface area contributed by atoms with Crippen molar-refractivity contribution in [2.24, 2.45) is 5.41 Å². The topological polar surface area (TPSA) is 12.0 Å². The molecule has 0 spiro atoms. The van der Waals surface area contributed by atoms with Crippen LogP contribution in [0.15, 0.2) is 18.2 Å². The molecular formula is C12H16ClN. The predicted molar refractivity (Wildman–Crippen MR) is 62.0 cm³/mol. The van der Waals surface area contributed by atoms with Gasteiger partial charge < -0.3 is 5.32 Å². The number of hydrogen-bond donors (Lipinski definition) is 1. The van der Waals surface area contributed by atoms with Crippen LogP contribution in [0.2, 0.25) is 5.02 Å². The molecule has 2 heteroatoms. The van der Waals surface area contributed by atoms with Gasteiger partial charge in [-0.15, -0.1) is 0 Å². The van der Waals surface area contributed by atoms with Crippen molar-refractivity contribution >= 4 is 17.3 Å². The molecule has 1 nitrogen and oxygen atoms in total. The quantitative estimate of drug-likeness (QED) is 0.687. The van der Waals surface area contributed by atoms with Crippen molar-refractivity contribution in [3.8, 4) is 0 Å². The third-order valence-corrected chi connectivity index (χ3v) is 3.10. The first-order valence-corrected chi connectivity index (χ1v) is 5.39. The average Bonchev–Trinajstić information content (AvgIpc) is 2.45. The van der Waals surface area contributed by atoms with Gasteiger partial charge in [0.15, 0.2) is 0 Å². The number of rotatable bonds is 0. The standard InChI is InChI=1S/C12H16ClN/c1-12(2,3)11-7-8-6-9(13)4-5-10(8)14-11/h4-6,11,14H,7H2,1-3H3. The van der Waals surface area contributed by atoms with Crippen LogP contribution in [0.3, 0.4) is 0 Å². The molecule has 1 aromatic rings. The highest BCUT2D eigenvalue weighted by Gasteiger charge is 2.30. The second kappa shape index (κ2) is 3.16. The molecule has 0 saturated carbocycles. The monoisotopic (exact) mass is 209 g/mol. The molecule has 1 unspecified atom stereocenters. The Morgan fingerprint density at radius 3 is 2.71 bits per heavy atom. The van der Waals surface area contributed by atoms with Gasteiger partial charge in [0.1, 0.15) is 0 Å². The number of halogens is 1. The molecule has 0 aliphatic carbocycles. The molecule has 1 N–H and O–H groups in total. The highest BCUT2D eigenvalue weighted by Crippen LogP contribution is 2.35. The average molecular weight is 210 g/mol. The number of hydrogen-bond acceptors (Lipinski definition) is 1. The zero-order valence-corrected chi connectivity index (χ0v) is 9.65. The summed E-state index contributed by atoms with van der Waals surface area (Å²) in [6.45, 7) is 6.79. The van der Waals surface area contributed by atoms with Gasteiger partial charge in [-0.05, 0) is 35.6 Å². The fraction of sp³-hybridized carbons (Fsp3) is 0.500. The maximum absolute atomic E-state index is 5.96. The lowest BCUT2D eigenvalue weighted by atomic mass is 9.85. The Morgan fingerprint density at radius 1 is 1.36 bits per heavy atom. The summed E-state index contributed by atoms with van der Waals surface area (Å²) in [5.41, 5.74) is 2.89. The Balaban J connectivity index is 2.26. The third-order valence-electron chi connectivity index (χ3n) is 2.87. The lowest BCUT2D eigenvalue weighted by Crippen LogP contribution is -2.31. The molecule has 1 aliphatic rings. The Morgan fingerprint density at radius 2 is 2.07 bits per heavy atom. The van der Waals surface area contributed by atoms with E-state index in [0.717, 1.165) is 11.4 Å². The van der Waals surface area contributed by atoms with Crippen molar-refractivity contribution in [1.29, 1.82) is 0 Å². The molecule has 0 bridgehead atoms. The van der Waals surface area contributed by atoms with Crippen molar-refractivity contribution in [1.82, 2.24) is 0 Å². The largest absolute Gasteiger partial charge is 0.381 e. The SMILES string of the molecule is CC(C)(C)C1Cc2cc(Cl)ccc2N1. The van der Waals surface area contributed by atoms with Crippen molar-refractivity contribution in [3.63, 3.8) is 0 Å². The van der Waals surface area contributed by atoms with E-state index in [2.05, 4.69) is 38.2 Å². The minimum absolute atomic E-state index is 0.297. The van der Waals surface area contributed by atoms with Crippen LogP contribution in [0.1, 0.15) is 26.3 Å². The van der Waals surface area contributed by atoms with Crippen LogP contribution in [0, 0.1) is 5.41 Å². The van der Waals surface area contributed by atoms with Gasteiger partial charge in [0.25, 0.3) is 0 Å². The van der Waals surface area contributed by atoms with Crippen LogP contribution in [0.25, 0.3) is 0 Å². The maximum atomic E-state index is 5.96. The van der Waals surface area contributed by atoms with Crippen molar-refractivity contribution in [2.75, 3.05) is 5.32 Å². The summed E-state index contributed by atoms with van der Waals surface area (Å²) in [5.74, 6) is 0. The number of fused-ring (bicyclic) bond motifs is 1. The zero-order valence-electron chi connectivity index (χ0n) is 8.89. The molecule has 76 valence electrons. The summed E-state index contributed by atoms with van der Waals surface area (Å²) in [7, 11) is 0. The lowest BCUT2D eigenvalue weighted by Gasteiger charge is -2.27. The highest BCUT2D eigenvalue weighted by molar-refractivity contribution is 6.30. The van der Waals surface area contributed by atoms with E-state index in [4.69, 9.17) is 11.6 Å². The highest BCUT2D eigenvalue weighted by atomic mass is 35.5. The molecule has 14 heavy (non-hydrogen) atoms. The van der Waals surface area contributed by atoms with Crippen molar-refractivity contribution in [3.05, 3.63) is 28.8 Å². The van der Waals surface area contributed by atoms with Crippen LogP contribution in [-0.2, 0) is 6.42 Å². The van der Waals surface area contributed by atoms with E-state index in [1.54, 1.807) is 0 Å². The molecule has 2 rings (SSSR count). The molecule has 1 aromatic carbocycles. The van der Waals surface area contributed by atoms with Gasteiger partial charge in [-0.1, -0.05) is 32.4 Å². The maximum Gasteiger partial charge on any atom is 0.0410 e. The number of nitrogens with one attached hydrogen (secondary N) is 1. The van der Waals surface area contributed by atoms with Crippen molar-refractivity contribution < 1.29 is 0 Å². The second-order valence-electron chi connectivity index (χ2n) is 5.07. The normalized spacial score (nSPS) is 20.4. The number of benzene rings is 1. The summed E-state index contributed by atoms with van der Waals surface area (Å²) < 4.78 is 0. The van der Waals surface area contributed by atoms with E-state index in [1.807, 2.05) is 6.07 Å². The third kappa shape index (κ3) is 1.74. The summed E-state index contributed by atoms with van der Waals surface area (Å²) in [6, 6.07) is 6.60. The van der Waals surface area contributed by atoms with Crippen LogP contribution < -0.4 is 5.32 Å². The smallest absolute Gasteiger partial charge is 0.0410 e. The first-order valence-electron chi connectivity index (χ1n) is 5.02. The summed E-state index contributed by atoms with van der Waals surface area (Å²) in [4.78, 5) is 0. The van der Waals surface area contributed by atoms with E-state index in [0.29, 0.717) is 11.5 Å². The van der Waals surface area contributed by atoms with E-state index >= 15 is 0 Å². The zero-order chi connectivity index (χ0) is 10.3. The molecule has 0 radical (unpaired) electrons. The molecule has 0 amide bonds. The van der Waals surface area contributed by atoms with Crippen LogP contribution in [0.4, 0.5) is 5.69 Å². The molecule has 1 aliphatic heterocycles. The van der Waals surface area contributed by atoms with E-state index in [1.165, 1.54) is 11.3 Å². The molecular weight excluding hydrogens is 194 g/mol. The fourth-order valence-electron chi connectivity index (χ4n) is 1.85. The molecule has 0 aromatic heterocycles. The summed E-state index contributed by atoms with van der Waals surface area (Å²) in [6.07, 6.45) is 1.08. The van der Waals surface area contributed by atoms with E-state index in [-0.39, 0.29) is 0 Å². The van der Waals surface area contributed by atoms with Gasteiger partial charge in [-0.3, -0.25) is 0 Å². The first kappa shape index (κ1) is 9.85. The van der Waals surface area contributed by atoms with Gasteiger partial charge in [-0.2, -0.15) is 0 Å². The van der Waals surface area contributed by atoms with Gasteiger partial charge in [0, 0.05) is 16.8 Å². The van der Waals surface area contributed by atoms with Gasteiger partial charge in [-0.25, -0.2) is 0 Å². The molecule has 1 atom stereocenters. The Labute approximate surface area is 90.5 Å². The summed E-state index contributed by atoms with van der Waals surface area (Å²) >= 11 is 5.96. The summed E-state index contributed by atoms with van der Waals surface area (Å²) in [5, 5.41) is 4.38. The van der Waals surface area contributed by atoms with Crippen LogP contribution in [-0.4, -0.2) is 6.04 Å². The number of anilines is 1. The lowest BCUT2D eigenvalue weighted by molar-refractivity contribution is 0.347. The molecule has 1 heterocycles. The van der Waals surface area contributed by atoms with Gasteiger partial charge in [0.05, 0.1) is 0 Å². The van der Waals surface area contributed by atoms with Gasteiger partial charge >= 0.3 is 0 Å². The molecule has 0 saturated heterocycles. The Kier molecular flexibility index (Phi) is 2.23. The van der Waals surface area contributed by atoms with E-state index < -0.39 is 0 Å². The minimum Gasteiger partial charge on any atom is -0.381 e. The fourth-order valence-corrected chi connectivity index (χ4v) is 2.05. The Hall–Kier alpha value is -0.690. The first-order chi connectivity index (χ1) is 6.47. The molecule has 0 fully saturated rings. The second-order valence-corrected chi connectivity index (χ2v) is 5.50.